The van der Waals surface area contributed by atoms with Crippen LogP contribution < -0.4 is 5.32 Å². The molecule has 0 saturated heterocycles. The highest BCUT2D eigenvalue weighted by Crippen LogP contribution is 2.30. The Morgan fingerprint density at radius 2 is 1.86 bits per heavy atom. The van der Waals surface area contributed by atoms with E-state index in [9.17, 15) is 9.90 Å². The van der Waals surface area contributed by atoms with E-state index in [2.05, 4.69) is 19.2 Å². The summed E-state index contributed by atoms with van der Waals surface area (Å²) < 4.78 is 5.75. The lowest BCUT2D eigenvalue weighted by molar-refractivity contribution is 0.0698. The number of carboxylic acids is 1. The zero-order valence-corrected chi connectivity index (χ0v) is 16.3. The fourth-order valence-corrected chi connectivity index (χ4v) is 3.20. The highest BCUT2D eigenvalue weighted by atomic mass is 16.4. The molecule has 0 amide bonds. The van der Waals surface area contributed by atoms with Crippen molar-refractivity contribution in [1.82, 2.24) is 4.98 Å². The number of benzene rings is 2. The molecular formula is C24H22N2O3. The Morgan fingerprint density at radius 1 is 1.07 bits per heavy atom. The summed E-state index contributed by atoms with van der Waals surface area (Å²) in [5.41, 5.74) is 4.32. The number of hydrogen-bond donors (Lipinski definition) is 2. The maximum atomic E-state index is 11.7. The first kappa shape index (κ1) is 18.7. The first-order valence-corrected chi connectivity index (χ1v) is 9.57. The van der Waals surface area contributed by atoms with Gasteiger partial charge in [-0.15, -0.1) is 0 Å². The van der Waals surface area contributed by atoms with Gasteiger partial charge in [0.1, 0.15) is 5.69 Å². The third kappa shape index (κ3) is 3.99. The number of fused-ring (bicyclic) bond motifs is 1. The number of rotatable bonds is 6. The standard InChI is InChI=1S/C24H22N2O3/c1-15(2)13-25-22-12-21-17(10-19(22)24(27)28)8-9-20(26-21)23-11-18(14-29-23)16-6-4-3-5-7-16/h3-12,14-15,25H,13H2,1-2H3,(H,27,28). The van der Waals surface area contributed by atoms with Gasteiger partial charge < -0.3 is 14.8 Å². The minimum absolute atomic E-state index is 0.247. The number of furan rings is 1. The highest BCUT2D eigenvalue weighted by molar-refractivity contribution is 6.00. The van der Waals surface area contributed by atoms with Gasteiger partial charge in [0.15, 0.2) is 5.76 Å². The van der Waals surface area contributed by atoms with Crippen molar-refractivity contribution in [2.45, 2.75) is 13.8 Å². The summed E-state index contributed by atoms with van der Waals surface area (Å²) in [7, 11) is 0. The molecule has 0 saturated carbocycles. The van der Waals surface area contributed by atoms with Gasteiger partial charge in [-0.2, -0.15) is 0 Å². The van der Waals surface area contributed by atoms with Crippen molar-refractivity contribution in [3.8, 4) is 22.6 Å². The fourth-order valence-electron chi connectivity index (χ4n) is 3.20. The molecule has 2 heterocycles. The predicted molar refractivity (Wildman–Crippen MR) is 115 cm³/mol. The summed E-state index contributed by atoms with van der Waals surface area (Å²) in [5.74, 6) is 0.108. The van der Waals surface area contributed by atoms with E-state index in [1.807, 2.05) is 48.5 Å². The van der Waals surface area contributed by atoms with E-state index >= 15 is 0 Å². The quantitative estimate of drug-likeness (QED) is 0.430. The third-order valence-corrected chi connectivity index (χ3v) is 4.72. The molecule has 4 aromatic rings. The number of carboxylic acid groups (broad SMARTS) is 1. The number of pyridine rings is 1. The lowest BCUT2D eigenvalue weighted by Crippen LogP contribution is -2.11. The number of aromatic nitrogens is 1. The monoisotopic (exact) mass is 386 g/mol. The van der Waals surface area contributed by atoms with Crippen molar-refractivity contribution in [2.24, 2.45) is 5.92 Å². The second-order valence-corrected chi connectivity index (χ2v) is 7.43. The van der Waals surface area contributed by atoms with Crippen LogP contribution in [0, 0.1) is 5.92 Å². The van der Waals surface area contributed by atoms with Crippen LogP contribution in [0.25, 0.3) is 33.5 Å². The lowest BCUT2D eigenvalue weighted by Gasteiger charge is -2.13. The topological polar surface area (TPSA) is 75.4 Å². The van der Waals surface area contributed by atoms with Crippen molar-refractivity contribution in [2.75, 3.05) is 11.9 Å². The third-order valence-electron chi connectivity index (χ3n) is 4.72. The molecule has 146 valence electrons. The van der Waals surface area contributed by atoms with E-state index in [1.54, 1.807) is 18.4 Å². The Balaban J connectivity index is 1.73. The van der Waals surface area contributed by atoms with E-state index in [-0.39, 0.29) is 5.56 Å². The van der Waals surface area contributed by atoms with Gasteiger partial charge in [-0.1, -0.05) is 50.2 Å². The summed E-state index contributed by atoms with van der Waals surface area (Å²) in [4.78, 5) is 16.4. The summed E-state index contributed by atoms with van der Waals surface area (Å²) >= 11 is 0. The molecule has 0 unspecified atom stereocenters. The van der Waals surface area contributed by atoms with Crippen molar-refractivity contribution in [3.63, 3.8) is 0 Å². The molecule has 2 aromatic heterocycles. The average Bonchev–Trinajstić information content (AvgIpc) is 3.22. The SMILES string of the molecule is CC(C)CNc1cc2nc(-c3cc(-c4ccccc4)co3)ccc2cc1C(=O)O. The van der Waals surface area contributed by atoms with Gasteiger partial charge in [0.05, 0.1) is 23.0 Å². The molecule has 0 atom stereocenters. The van der Waals surface area contributed by atoms with E-state index < -0.39 is 5.97 Å². The van der Waals surface area contributed by atoms with Gasteiger partial charge in [-0.25, -0.2) is 9.78 Å². The van der Waals surface area contributed by atoms with Gasteiger partial charge in [-0.05, 0) is 35.7 Å². The molecule has 5 nitrogen and oxygen atoms in total. The van der Waals surface area contributed by atoms with Crippen LogP contribution in [0.5, 0.6) is 0 Å². The first-order valence-electron chi connectivity index (χ1n) is 9.57. The molecule has 4 rings (SSSR count). The van der Waals surface area contributed by atoms with Gasteiger partial charge in [0.25, 0.3) is 0 Å². The summed E-state index contributed by atoms with van der Waals surface area (Å²) in [6.07, 6.45) is 1.72. The van der Waals surface area contributed by atoms with Gasteiger partial charge in [0.2, 0.25) is 0 Å². The van der Waals surface area contributed by atoms with Crippen LogP contribution in [0.1, 0.15) is 24.2 Å². The highest BCUT2D eigenvalue weighted by Gasteiger charge is 2.14. The molecular weight excluding hydrogens is 364 g/mol. The number of hydrogen-bond acceptors (Lipinski definition) is 4. The summed E-state index contributed by atoms with van der Waals surface area (Å²) in [6, 6.07) is 19.2. The lowest BCUT2D eigenvalue weighted by atomic mass is 10.1. The molecule has 29 heavy (non-hydrogen) atoms. The Morgan fingerprint density at radius 3 is 2.59 bits per heavy atom. The number of carbonyl (C=O) groups is 1. The minimum Gasteiger partial charge on any atom is -0.478 e. The van der Waals surface area contributed by atoms with Crippen LogP contribution >= 0.6 is 0 Å². The van der Waals surface area contributed by atoms with Crippen LogP contribution in [0.15, 0.2) is 71.3 Å². The molecule has 0 aliphatic carbocycles. The van der Waals surface area contributed by atoms with Crippen LogP contribution in [-0.2, 0) is 0 Å². The van der Waals surface area contributed by atoms with Crippen molar-refractivity contribution in [1.29, 1.82) is 0 Å². The van der Waals surface area contributed by atoms with Crippen molar-refractivity contribution < 1.29 is 14.3 Å². The summed E-state index contributed by atoms with van der Waals surface area (Å²) in [6.45, 7) is 4.84. The van der Waals surface area contributed by atoms with Crippen LogP contribution in [0.3, 0.4) is 0 Å². The fraction of sp³-hybridized carbons (Fsp3) is 0.167. The molecule has 0 bridgehead atoms. The first-order chi connectivity index (χ1) is 14.0. The predicted octanol–water partition coefficient (Wildman–Crippen LogP) is 5.93. The molecule has 0 aliphatic rings. The van der Waals surface area contributed by atoms with Gasteiger partial charge in [0, 0.05) is 17.5 Å². The minimum atomic E-state index is -0.958. The van der Waals surface area contributed by atoms with E-state index in [4.69, 9.17) is 9.40 Å². The van der Waals surface area contributed by atoms with Crippen LogP contribution in [-0.4, -0.2) is 22.6 Å². The maximum absolute atomic E-state index is 11.7. The molecule has 2 aromatic carbocycles. The second kappa shape index (κ2) is 7.80. The zero-order chi connectivity index (χ0) is 20.4. The largest absolute Gasteiger partial charge is 0.478 e. The Bertz CT molecular complexity index is 1160. The van der Waals surface area contributed by atoms with Crippen LogP contribution in [0.4, 0.5) is 5.69 Å². The average molecular weight is 386 g/mol. The Labute approximate surface area is 169 Å². The van der Waals surface area contributed by atoms with E-state index in [1.165, 1.54) is 0 Å². The molecule has 0 aliphatic heterocycles. The van der Waals surface area contributed by atoms with E-state index in [0.29, 0.717) is 29.6 Å². The number of nitrogens with one attached hydrogen (secondary N) is 1. The number of anilines is 1. The Hall–Kier alpha value is -3.60. The van der Waals surface area contributed by atoms with Crippen molar-refractivity contribution >= 4 is 22.6 Å². The smallest absolute Gasteiger partial charge is 0.337 e. The van der Waals surface area contributed by atoms with Crippen LogP contribution in [0.2, 0.25) is 0 Å². The van der Waals surface area contributed by atoms with E-state index in [0.717, 1.165) is 22.0 Å². The molecule has 5 heteroatoms. The number of nitrogens with zero attached hydrogens (tertiary/aromatic N) is 1. The van der Waals surface area contributed by atoms with Crippen molar-refractivity contribution in [3.05, 3.63) is 72.5 Å². The maximum Gasteiger partial charge on any atom is 0.337 e. The molecule has 0 spiro atoms. The molecule has 0 fully saturated rings. The molecule has 0 radical (unpaired) electrons. The molecule has 2 N–H and O–H groups in total. The second-order valence-electron chi connectivity index (χ2n) is 7.43. The summed E-state index contributed by atoms with van der Waals surface area (Å²) in [5, 5.41) is 13.6. The zero-order valence-electron chi connectivity index (χ0n) is 16.3. The number of aromatic carboxylic acids is 1. The normalized spacial score (nSPS) is 11.1. The Kier molecular flexibility index (Phi) is 5.04. The van der Waals surface area contributed by atoms with Gasteiger partial charge >= 0.3 is 5.97 Å². The van der Waals surface area contributed by atoms with Gasteiger partial charge in [-0.3, -0.25) is 0 Å².